The van der Waals surface area contributed by atoms with Crippen LogP contribution in [0.4, 0.5) is 14.5 Å². The fraction of sp³-hybridized carbons (Fsp3) is 0.417. The standard InChI is InChI=1S/C12H12F2N2O4/c13-8-1-2-9(16(18)19)11(14)10(8)12(17)15-5-7-3-4-20-6-7/h1-2,7H,3-6H2,(H,15,17). The highest BCUT2D eigenvalue weighted by atomic mass is 19.1. The summed E-state index contributed by atoms with van der Waals surface area (Å²) in [6.45, 7) is 1.26. The zero-order valence-electron chi connectivity index (χ0n) is 10.4. The molecule has 6 nitrogen and oxygen atoms in total. The number of halogens is 2. The minimum Gasteiger partial charge on any atom is -0.381 e. The Labute approximate surface area is 112 Å². The molecule has 1 saturated heterocycles. The zero-order chi connectivity index (χ0) is 14.7. The number of rotatable bonds is 4. The average Bonchev–Trinajstić information content (AvgIpc) is 2.89. The van der Waals surface area contributed by atoms with Crippen molar-refractivity contribution >= 4 is 11.6 Å². The lowest BCUT2D eigenvalue weighted by Crippen LogP contribution is -2.31. The van der Waals surface area contributed by atoms with Crippen molar-refractivity contribution in [1.29, 1.82) is 0 Å². The number of nitrogens with one attached hydrogen (secondary N) is 1. The van der Waals surface area contributed by atoms with E-state index in [1.165, 1.54) is 0 Å². The van der Waals surface area contributed by atoms with Gasteiger partial charge in [0.25, 0.3) is 5.91 Å². The summed E-state index contributed by atoms with van der Waals surface area (Å²) >= 11 is 0. The lowest BCUT2D eigenvalue weighted by molar-refractivity contribution is -0.387. The van der Waals surface area contributed by atoms with Gasteiger partial charge in [0.15, 0.2) is 0 Å². The molecular formula is C12H12F2N2O4. The van der Waals surface area contributed by atoms with E-state index in [4.69, 9.17) is 4.74 Å². The van der Waals surface area contributed by atoms with Crippen molar-refractivity contribution in [3.63, 3.8) is 0 Å². The highest BCUT2D eigenvalue weighted by Gasteiger charge is 2.26. The number of carbonyl (C=O) groups is 1. The maximum absolute atomic E-state index is 13.8. The lowest BCUT2D eigenvalue weighted by atomic mass is 10.1. The van der Waals surface area contributed by atoms with Crippen LogP contribution in [0, 0.1) is 27.7 Å². The Hall–Kier alpha value is -2.09. The second-order valence-corrected chi connectivity index (χ2v) is 4.45. The molecule has 108 valence electrons. The molecule has 1 aromatic carbocycles. The van der Waals surface area contributed by atoms with Crippen molar-refractivity contribution in [1.82, 2.24) is 5.32 Å². The molecule has 1 atom stereocenters. The van der Waals surface area contributed by atoms with E-state index >= 15 is 0 Å². The minimum atomic E-state index is -1.46. The number of carbonyl (C=O) groups excluding carboxylic acids is 1. The van der Waals surface area contributed by atoms with E-state index in [-0.39, 0.29) is 12.5 Å². The van der Waals surface area contributed by atoms with Gasteiger partial charge < -0.3 is 10.1 Å². The van der Waals surface area contributed by atoms with E-state index in [9.17, 15) is 23.7 Å². The summed E-state index contributed by atoms with van der Waals surface area (Å²) in [4.78, 5) is 21.3. The Balaban J connectivity index is 2.15. The molecule has 1 fully saturated rings. The van der Waals surface area contributed by atoms with Gasteiger partial charge in [-0.05, 0) is 12.5 Å². The first-order valence-corrected chi connectivity index (χ1v) is 5.99. The topological polar surface area (TPSA) is 81.5 Å². The van der Waals surface area contributed by atoms with Crippen LogP contribution < -0.4 is 5.32 Å². The van der Waals surface area contributed by atoms with Crippen LogP contribution in [-0.4, -0.2) is 30.6 Å². The van der Waals surface area contributed by atoms with Gasteiger partial charge in [0, 0.05) is 25.1 Å². The van der Waals surface area contributed by atoms with Gasteiger partial charge in [-0.3, -0.25) is 14.9 Å². The fourth-order valence-electron chi connectivity index (χ4n) is 1.96. The summed E-state index contributed by atoms with van der Waals surface area (Å²) < 4.78 is 32.4. The number of ether oxygens (including phenoxy) is 1. The number of nitrogens with zero attached hydrogens (tertiary/aromatic N) is 1. The van der Waals surface area contributed by atoms with Gasteiger partial charge in [0.1, 0.15) is 11.4 Å². The molecule has 1 N–H and O–H groups in total. The van der Waals surface area contributed by atoms with Crippen LogP contribution in [-0.2, 0) is 4.74 Å². The van der Waals surface area contributed by atoms with E-state index in [0.29, 0.717) is 25.3 Å². The van der Waals surface area contributed by atoms with Crippen molar-refractivity contribution in [3.8, 4) is 0 Å². The van der Waals surface area contributed by atoms with E-state index in [1.54, 1.807) is 0 Å². The van der Waals surface area contributed by atoms with Gasteiger partial charge in [-0.1, -0.05) is 0 Å². The summed E-state index contributed by atoms with van der Waals surface area (Å²) in [7, 11) is 0. The largest absolute Gasteiger partial charge is 0.381 e. The zero-order valence-corrected chi connectivity index (χ0v) is 10.4. The third-order valence-corrected chi connectivity index (χ3v) is 3.07. The Bertz CT molecular complexity index is 545. The molecule has 0 bridgehead atoms. The van der Waals surface area contributed by atoms with Crippen molar-refractivity contribution in [2.75, 3.05) is 19.8 Å². The highest BCUT2D eigenvalue weighted by Crippen LogP contribution is 2.23. The Morgan fingerprint density at radius 2 is 2.25 bits per heavy atom. The van der Waals surface area contributed by atoms with Gasteiger partial charge in [-0.15, -0.1) is 0 Å². The third kappa shape index (κ3) is 2.90. The quantitative estimate of drug-likeness (QED) is 0.674. The molecule has 1 aliphatic heterocycles. The van der Waals surface area contributed by atoms with Crippen LogP contribution in [0.3, 0.4) is 0 Å². The summed E-state index contributed by atoms with van der Waals surface area (Å²) in [6, 6.07) is 1.39. The number of nitro groups is 1. The molecule has 20 heavy (non-hydrogen) atoms. The summed E-state index contributed by atoms with van der Waals surface area (Å²) in [6.07, 6.45) is 0.750. The molecule has 0 aromatic heterocycles. The Morgan fingerprint density at radius 1 is 1.50 bits per heavy atom. The van der Waals surface area contributed by atoms with Crippen molar-refractivity contribution < 1.29 is 23.2 Å². The number of hydrogen-bond acceptors (Lipinski definition) is 4. The summed E-state index contributed by atoms with van der Waals surface area (Å²) in [5.74, 6) is -3.51. The predicted octanol–water partition coefficient (Wildman–Crippen LogP) is 1.64. The minimum absolute atomic E-state index is 0.0868. The fourth-order valence-corrected chi connectivity index (χ4v) is 1.96. The Kier molecular flexibility index (Phi) is 4.23. The van der Waals surface area contributed by atoms with Crippen LogP contribution in [0.2, 0.25) is 0 Å². The van der Waals surface area contributed by atoms with Crippen molar-refractivity contribution in [2.45, 2.75) is 6.42 Å². The van der Waals surface area contributed by atoms with Crippen LogP contribution in [0.25, 0.3) is 0 Å². The van der Waals surface area contributed by atoms with Crippen molar-refractivity contribution in [3.05, 3.63) is 39.4 Å². The van der Waals surface area contributed by atoms with Gasteiger partial charge in [0.05, 0.1) is 11.5 Å². The molecule has 0 spiro atoms. The normalized spacial score (nSPS) is 18.0. The number of hydrogen-bond donors (Lipinski definition) is 1. The van der Waals surface area contributed by atoms with Crippen LogP contribution in [0.15, 0.2) is 12.1 Å². The lowest BCUT2D eigenvalue weighted by Gasteiger charge is -2.10. The molecule has 1 heterocycles. The number of benzene rings is 1. The van der Waals surface area contributed by atoms with Gasteiger partial charge in [-0.2, -0.15) is 4.39 Å². The maximum atomic E-state index is 13.8. The molecule has 2 rings (SSSR count). The SMILES string of the molecule is O=C(NCC1CCOC1)c1c(F)ccc([N+](=O)[O-])c1F. The molecule has 8 heteroatoms. The van der Waals surface area contributed by atoms with Crippen molar-refractivity contribution in [2.24, 2.45) is 5.92 Å². The van der Waals surface area contributed by atoms with Gasteiger partial charge in [-0.25, -0.2) is 4.39 Å². The number of nitro benzene ring substituents is 1. The first-order chi connectivity index (χ1) is 9.50. The van der Waals surface area contributed by atoms with E-state index in [1.807, 2.05) is 0 Å². The average molecular weight is 286 g/mol. The first-order valence-electron chi connectivity index (χ1n) is 5.99. The molecule has 0 radical (unpaired) electrons. The van der Waals surface area contributed by atoms with Crippen LogP contribution in [0.1, 0.15) is 16.8 Å². The Morgan fingerprint density at radius 3 is 2.85 bits per heavy atom. The second kappa shape index (κ2) is 5.91. The van der Waals surface area contributed by atoms with Crippen LogP contribution >= 0.6 is 0 Å². The molecule has 0 saturated carbocycles. The van der Waals surface area contributed by atoms with Gasteiger partial charge in [0.2, 0.25) is 5.82 Å². The second-order valence-electron chi connectivity index (χ2n) is 4.45. The van der Waals surface area contributed by atoms with E-state index < -0.39 is 33.7 Å². The monoisotopic (exact) mass is 286 g/mol. The maximum Gasteiger partial charge on any atom is 0.305 e. The third-order valence-electron chi connectivity index (χ3n) is 3.07. The smallest absolute Gasteiger partial charge is 0.305 e. The molecule has 1 aliphatic rings. The summed E-state index contributed by atoms with van der Waals surface area (Å²) in [5.41, 5.74) is -1.86. The van der Waals surface area contributed by atoms with E-state index in [0.717, 1.165) is 6.42 Å². The van der Waals surface area contributed by atoms with Crippen LogP contribution in [0.5, 0.6) is 0 Å². The summed E-state index contributed by atoms with van der Waals surface area (Å²) in [5, 5.41) is 12.9. The predicted molar refractivity (Wildman–Crippen MR) is 64.3 cm³/mol. The van der Waals surface area contributed by atoms with Gasteiger partial charge >= 0.3 is 5.69 Å². The molecule has 1 amide bonds. The molecule has 0 aliphatic carbocycles. The molecular weight excluding hydrogens is 274 g/mol. The highest BCUT2D eigenvalue weighted by molar-refractivity contribution is 5.95. The first kappa shape index (κ1) is 14.3. The molecule has 1 unspecified atom stereocenters. The molecule has 1 aromatic rings. The number of amides is 1. The van der Waals surface area contributed by atoms with E-state index in [2.05, 4.69) is 5.32 Å².